The number of nitrogen functional groups attached to an aromatic ring is 1. The molecule has 0 spiro atoms. The van der Waals surface area contributed by atoms with E-state index < -0.39 is 0 Å². The standard InChI is InChI=1S/C13H21NO2/c1-3-8-15-9-10-16-11(2)12-4-6-13(14)7-5-12/h4-7,11H,3,8-10,14H2,1-2H3. The van der Waals surface area contributed by atoms with Gasteiger partial charge in [0.05, 0.1) is 19.3 Å². The first kappa shape index (κ1) is 13.0. The average Bonchev–Trinajstić information content (AvgIpc) is 2.29. The summed E-state index contributed by atoms with van der Waals surface area (Å²) in [5.74, 6) is 0. The van der Waals surface area contributed by atoms with Crippen molar-refractivity contribution < 1.29 is 9.47 Å². The Morgan fingerprint density at radius 2 is 1.81 bits per heavy atom. The van der Waals surface area contributed by atoms with Crippen LogP contribution in [0.2, 0.25) is 0 Å². The molecule has 0 aliphatic heterocycles. The van der Waals surface area contributed by atoms with Crippen LogP contribution in [-0.2, 0) is 9.47 Å². The number of hydrogen-bond acceptors (Lipinski definition) is 3. The maximum absolute atomic E-state index is 5.65. The van der Waals surface area contributed by atoms with Crippen LogP contribution in [0.4, 0.5) is 5.69 Å². The molecule has 1 rings (SSSR count). The smallest absolute Gasteiger partial charge is 0.0798 e. The van der Waals surface area contributed by atoms with Crippen LogP contribution in [-0.4, -0.2) is 19.8 Å². The van der Waals surface area contributed by atoms with Crippen molar-refractivity contribution in [1.29, 1.82) is 0 Å². The molecule has 0 fully saturated rings. The zero-order valence-corrected chi connectivity index (χ0v) is 10.1. The number of hydrogen-bond donors (Lipinski definition) is 1. The summed E-state index contributed by atoms with van der Waals surface area (Å²) >= 11 is 0. The quantitative estimate of drug-likeness (QED) is 0.571. The lowest BCUT2D eigenvalue weighted by Gasteiger charge is -2.13. The van der Waals surface area contributed by atoms with E-state index in [0.717, 1.165) is 24.3 Å². The normalized spacial score (nSPS) is 12.6. The van der Waals surface area contributed by atoms with Gasteiger partial charge in [-0.3, -0.25) is 0 Å². The van der Waals surface area contributed by atoms with Crippen molar-refractivity contribution >= 4 is 5.69 Å². The van der Waals surface area contributed by atoms with Gasteiger partial charge in [0.25, 0.3) is 0 Å². The summed E-state index contributed by atoms with van der Waals surface area (Å²) in [6, 6.07) is 7.77. The number of rotatable bonds is 7. The van der Waals surface area contributed by atoms with Crippen LogP contribution in [0, 0.1) is 0 Å². The van der Waals surface area contributed by atoms with Gasteiger partial charge in [-0.1, -0.05) is 19.1 Å². The molecular weight excluding hydrogens is 202 g/mol. The molecule has 3 heteroatoms. The SMILES string of the molecule is CCCOCCOC(C)c1ccc(N)cc1. The molecule has 90 valence electrons. The third kappa shape index (κ3) is 4.64. The minimum absolute atomic E-state index is 0.0887. The molecule has 0 bridgehead atoms. The Bertz CT molecular complexity index is 284. The summed E-state index contributed by atoms with van der Waals surface area (Å²) in [6.07, 6.45) is 1.14. The number of nitrogens with two attached hydrogens (primary N) is 1. The lowest BCUT2D eigenvalue weighted by molar-refractivity contribution is 0.0117. The van der Waals surface area contributed by atoms with Crippen molar-refractivity contribution in [3.63, 3.8) is 0 Å². The van der Waals surface area contributed by atoms with E-state index in [2.05, 4.69) is 6.92 Å². The molecule has 0 saturated heterocycles. The largest absolute Gasteiger partial charge is 0.399 e. The molecule has 0 amide bonds. The summed E-state index contributed by atoms with van der Waals surface area (Å²) < 4.78 is 11.0. The molecule has 1 atom stereocenters. The van der Waals surface area contributed by atoms with E-state index in [4.69, 9.17) is 15.2 Å². The van der Waals surface area contributed by atoms with Crippen molar-refractivity contribution in [2.75, 3.05) is 25.6 Å². The molecule has 1 aromatic carbocycles. The van der Waals surface area contributed by atoms with E-state index in [1.54, 1.807) is 0 Å². The molecule has 0 aromatic heterocycles. The fraction of sp³-hybridized carbons (Fsp3) is 0.538. The Balaban J connectivity index is 2.24. The van der Waals surface area contributed by atoms with Crippen LogP contribution in [0.3, 0.4) is 0 Å². The summed E-state index contributed by atoms with van der Waals surface area (Å²) in [6.45, 7) is 6.22. The maximum atomic E-state index is 5.65. The molecule has 16 heavy (non-hydrogen) atoms. The zero-order valence-electron chi connectivity index (χ0n) is 10.1. The van der Waals surface area contributed by atoms with E-state index in [-0.39, 0.29) is 6.10 Å². The van der Waals surface area contributed by atoms with Crippen LogP contribution in [0.1, 0.15) is 31.9 Å². The van der Waals surface area contributed by atoms with E-state index in [1.165, 1.54) is 0 Å². The van der Waals surface area contributed by atoms with Crippen molar-refractivity contribution in [3.05, 3.63) is 29.8 Å². The highest BCUT2D eigenvalue weighted by atomic mass is 16.5. The van der Waals surface area contributed by atoms with Crippen LogP contribution < -0.4 is 5.73 Å². The van der Waals surface area contributed by atoms with Gasteiger partial charge in [0, 0.05) is 12.3 Å². The molecule has 0 aliphatic rings. The number of anilines is 1. The van der Waals surface area contributed by atoms with E-state index in [9.17, 15) is 0 Å². The van der Waals surface area contributed by atoms with Gasteiger partial charge in [-0.2, -0.15) is 0 Å². The number of benzene rings is 1. The predicted octanol–water partition coefficient (Wildman–Crippen LogP) is 2.77. The minimum Gasteiger partial charge on any atom is -0.399 e. The van der Waals surface area contributed by atoms with E-state index >= 15 is 0 Å². The van der Waals surface area contributed by atoms with Gasteiger partial charge >= 0.3 is 0 Å². The Hall–Kier alpha value is -1.06. The highest BCUT2D eigenvalue weighted by Crippen LogP contribution is 2.17. The summed E-state index contributed by atoms with van der Waals surface area (Å²) in [4.78, 5) is 0. The van der Waals surface area contributed by atoms with Gasteiger partial charge in [-0.25, -0.2) is 0 Å². The maximum Gasteiger partial charge on any atom is 0.0798 e. The first-order valence-electron chi connectivity index (χ1n) is 5.78. The molecule has 0 saturated carbocycles. The minimum atomic E-state index is 0.0887. The first-order chi connectivity index (χ1) is 7.74. The monoisotopic (exact) mass is 223 g/mol. The van der Waals surface area contributed by atoms with Gasteiger partial charge < -0.3 is 15.2 Å². The van der Waals surface area contributed by atoms with Crippen LogP contribution >= 0.6 is 0 Å². The van der Waals surface area contributed by atoms with Crippen LogP contribution in [0.5, 0.6) is 0 Å². The van der Waals surface area contributed by atoms with Crippen LogP contribution in [0.15, 0.2) is 24.3 Å². The highest BCUT2D eigenvalue weighted by Gasteiger charge is 2.04. The molecule has 0 heterocycles. The van der Waals surface area contributed by atoms with Gasteiger partial charge in [-0.05, 0) is 31.0 Å². The molecule has 3 nitrogen and oxygen atoms in total. The Labute approximate surface area is 97.6 Å². The lowest BCUT2D eigenvalue weighted by atomic mass is 10.1. The highest BCUT2D eigenvalue weighted by molar-refractivity contribution is 5.39. The molecule has 1 aromatic rings. The van der Waals surface area contributed by atoms with Crippen LogP contribution in [0.25, 0.3) is 0 Å². The molecule has 0 aliphatic carbocycles. The fourth-order valence-corrected chi connectivity index (χ4v) is 1.39. The van der Waals surface area contributed by atoms with Crippen molar-refractivity contribution in [3.8, 4) is 0 Å². The van der Waals surface area contributed by atoms with Gasteiger partial charge in [0.1, 0.15) is 0 Å². The first-order valence-corrected chi connectivity index (χ1v) is 5.78. The zero-order chi connectivity index (χ0) is 11.8. The Morgan fingerprint density at radius 1 is 1.12 bits per heavy atom. The number of ether oxygens (including phenoxy) is 2. The molecular formula is C13H21NO2. The Morgan fingerprint density at radius 3 is 2.44 bits per heavy atom. The van der Waals surface area contributed by atoms with Gasteiger partial charge in [-0.15, -0.1) is 0 Å². The van der Waals surface area contributed by atoms with E-state index in [0.29, 0.717) is 13.2 Å². The molecule has 1 unspecified atom stereocenters. The predicted molar refractivity (Wildman–Crippen MR) is 66.3 cm³/mol. The second-order valence-electron chi connectivity index (χ2n) is 3.79. The van der Waals surface area contributed by atoms with E-state index in [1.807, 2.05) is 31.2 Å². The fourth-order valence-electron chi connectivity index (χ4n) is 1.39. The summed E-state index contributed by atoms with van der Waals surface area (Å²) in [5.41, 5.74) is 7.54. The second-order valence-corrected chi connectivity index (χ2v) is 3.79. The third-order valence-electron chi connectivity index (χ3n) is 2.35. The second kappa shape index (κ2) is 7.25. The topological polar surface area (TPSA) is 44.5 Å². The van der Waals surface area contributed by atoms with Crippen molar-refractivity contribution in [1.82, 2.24) is 0 Å². The van der Waals surface area contributed by atoms with Gasteiger partial charge in [0.2, 0.25) is 0 Å². The van der Waals surface area contributed by atoms with Crippen molar-refractivity contribution in [2.24, 2.45) is 0 Å². The lowest BCUT2D eigenvalue weighted by Crippen LogP contribution is -2.08. The Kier molecular flexibility index (Phi) is 5.90. The third-order valence-corrected chi connectivity index (χ3v) is 2.35. The van der Waals surface area contributed by atoms with Crippen molar-refractivity contribution in [2.45, 2.75) is 26.4 Å². The summed E-state index contributed by atoms with van der Waals surface area (Å²) in [5, 5.41) is 0. The molecule has 2 N–H and O–H groups in total. The molecule has 0 radical (unpaired) electrons. The van der Waals surface area contributed by atoms with Gasteiger partial charge in [0.15, 0.2) is 0 Å². The summed E-state index contributed by atoms with van der Waals surface area (Å²) in [7, 11) is 0. The average molecular weight is 223 g/mol.